The standard InChI is InChI=1S/C23H20N4O4/c1-13-20-16(12-17(19-5-4-10-31-19)24-21(20)26(2)25-13)22(28)27-9-8-14-11-15(23(29)30-3)6-7-18(14)27/h4-7,10-12H,8-9H2,1-3H3. The highest BCUT2D eigenvalue weighted by Crippen LogP contribution is 2.33. The Bertz CT molecular complexity index is 1340. The van der Waals surface area contributed by atoms with Crippen LogP contribution in [0.3, 0.4) is 0 Å². The average Bonchev–Trinajstić information content (AvgIpc) is 3.51. The fraction of sp³-hybridized carbons (Fsp3) is 0.217. The molecule has 0 N–H and O–H groups in total. The Kier molecular flexibility index (Phi) is 4.35. The molecule has 0 radical (unpaired) electrons. The summed E-state index contributed by atoms with van der Waals surface area (Å²) in [6, 6.07) is 10.6. The number of hydrogen-bond acceptors (Lipinski definition) is 6. The number of furan rings is 1. The van der Waals surface area contributed by atoms with Gasteiger partial charge < -0.3 is 14.1 Å². The van der Waals surface area contributed by atoms with Gasteiger partial charge in [-0.3, -0.25) is 9.48 Å². The van der Waals surface area contributed by atoms with E-state index in [2.05, 4.69) is 10.1 Å². The Morgan fingerprint density at radius 3 is 2.77 bits per heavy atom. The quantitative estimate of drug-likeness (QED) is 0.475. The molecular weight excluding hydrogens is 396 g/mol. The molecule has 1 amide bonds. The number of esters is 1. The molecule has 1 aromatic carbocycles. The van der Waals surface area contributed by atoms with Crippen molar-refractivity contribution in [3.63, 3.8) is 0 Å². The molecule has 8 heteroatoms. The number of nitrogens with zero attached hydrogens (tertiary/aromatic N) is 4. The third kappa shape index (κ3) is 2.99. The van der Waals surface area contributed by atoms with Crippen molar-refractivity contribution < 1.29 is 18.7 Å². The first-order valence-corrected chi connectivity index (χ1v) is 9.89. The van der Waals surface area contributed by atoms with Gasteiger partial charge in [0, 0.05) is 19.3 Å². The number of pyridine rings is 1. The van der Waals surface area contributed by atoms with Gasteiger partial charge in [-0.15, -0.1) is 0 Å². The third-order valence-electron chi connectivity index (χ3n) is 5.61. The van der Waals surface area contributed by atoms with Gasteiger partial charge in [0.15, 0.2) is 11.4 Å². The van der Waals surface area contributed by atoms with Crippen LogP contribution in [0.4, 0.5) is 5.69 Å². The molecule has 0 spiro atoms. The van der Waals surface area contributed by atoms with E-state index in [1.165, 1.54) is 7.11 Å². The van der Waals surface area contributed by atoms with Crippen molar-refractivity contribution in [1.82, 2.24) is 14.8 Å². The first-order valence-electron chi connectivity index (χ1n) is 9.89. The highest BCUT2D eigenvalue weighted by Gasteiger charge is 2.29. The van der Waals surface area contributed by atoms with Crippen molar-refractivity contribution in [2.75, 3.05) is 18.6 Å². The molecule has 1 aliphatic rings. The Morgan fingerprint density at radius 2 is 2.03 bits per heavy atom. The number of benzene rings is 1. The second kappa shape index (κ2) is 7.09. The fourth-order valence-electron chi connectivity index (χ4n) is 4.17. The van der Waals surface area contributed by atoms with E-state index in [-0.39, 0.29) is 5.91 Å². The summed E-state index contributed by atoms with van der Waals surface area (Å²) in [5, 5.41) is 5.19. The normalized spacial score (nSPS) is 12.9. The van der Waals surface area contributed by atoms with Crippen LogP contribution in [-0.4, -0.2) is 40.3 Å². The molecule has 5 rings (SSSR count). The smallest absolute Gasteiger partial charge is 0.337 e. The van der Waals surface area contributed by atoms with Crippen LogP contribution in [0, 0.1) is 6.92 Å². The maximum atomic E-state index is 13.7. The van der Waals surface area contributed by atoms with Crippen molar-refractivity contribution in [3.8, 4) is 11.5 Å². The van der Waals surface area contributed by atoms with Crippen LogP contribution in [0.25, 0.3) is 22.5 Å². The first kappa shape index (κ1) is 19.0. The lowest BCUT2D eigenvalue weighted by molar-refractivity contribution is 0.0600. The summed E-state index contributed by atoms with van der Waals surface area (Å²) in [5.74, 6) is 0.0534. The van der Waals surface area contributed by atoms with E-state index >= 15 is 0 Å². The molecule has 0 fully saturated rings. The lowest BCUT2D eigenvalue weighted by atomic mass is 10.1. The lowest BCUT2D eigenvalue weighted by Gasteiger charge is -2.18. The summed E-state index contributed by atoms with van der Waals surface area (Å²) in [6.45, 7) is 2.39. The number of methoxy groups -OCH3 is 1. The van der Waals surface area contributed by atoms with Crippen LogP contribution in [0.2, 0.25) is 0 Å². The van der Waals surface area contributed by atoms with Gasteiger partial charge in [0.25, 0.3) is 5.91 Å². The molecule has 4 heterocycles. The average molecular weight is 416 g/mol. The van der Waals surface area contributed by atoms with Crippen molar-refractivity contribution in [3.05, 3.63) is 65.0 Å². The van der Waals surface area contributed by atoms with Gasteiger partial charge in [0.05, 0.1) is 35.6 Å². The number of amides is 1. The molecule has 0 saturated heterocycles. The van der Waals surface area contributed by atoms with E-state index in [1.807, 2.05) is 20.0 Å². The molecule has 3 aromatic heterocycles. The maximum absolute atomic E-state index is 13.7. The second-order valence-corrected chi connectivity index (χ2v) is 7.48. The topological polar surface area (TPSA) is 90.5 Å². The molecule has 156 valence electrons. The van der Waals surface area contributed by atoms with Gasteiger partial charge in [-0.05, 0) is 55.3 Å². The van der Waals surface area contributed by atoms with Gasteiger partial charge in [0.1, 0.15) is 5.69 Å². The number of fused-ring (bicyclic) bond motifs is 2. The number of rotatable bonds is 3. The number of anilines is 1. The van der Waals surface area contributed by atoms with E-state index in [1.54, 1.807) is 46.2 Å². The summed E-state index contributed by atoms with van der Waals surface area (Å²) < 4.78 is 12.0. The van der Waals surface area contributed by atoms with Crippen LogP contribution >= 0.6 is 0 Å². The van der Waals surface area contributed by atoms with E-state index in [4.69, 9.17) is 9.15 Å². The second-order valence-electron chi connectivity index (χ2n) is 7.48. The Labute approximate surface area is 178 Å². The largest absolute Gasteiger partial charge is 0.465 e. The van der Waals surface area contributed by atoms with Gasteiger partial charge in [-0.25, -0.2) is 9.78 Å². The zero-order chi connectivity index (χ0) is 21.7. The summed E-state index contributed by atoms with van der Waals surface area (Å²) in [6.07, 6.45) is 2.24. The number of hydrogen-bond donors (Lipinski definition) is 0. The maximum Gasteiger partial charge on any atom is 0.337 e. The molecule has 0 atom stereocenters. The number of aromatic nitrogens is 3. The Balaban J connectivity index is 1.62. The van der Waals surface area contributed by atoms with Gasteiger partial charge in [0.2, 0.25) is 0 Å². The van der Waals surface area contributed by atoms with Gasteiger partial charge in [-0.2, -0.15) is 5.10 Å². The van der Waals surface area contributed by atoms with Crippen molar-refractivity contribution >= 4 is 28.6 Å². The molecule has 4 aromatic rings. The van der Waals surface area contributed by atoms with Crippen LogP contribution in [0.1, 0.15) is 32.0 Å². The predicted octanol–water partition coefficient (Wildman–Crippen LogP) is 3.53. The summed E-state index contributed by atoms with van der Waals surface area (Å²) in [7, 11) is 3.16. The molecule has 1 aliphatic heterocycles. The van der Waals surface area contributed by atoms with E-state index < -0.39 is 5.97 Å². The van der Waals surface area contributed by atoms with Crippen LogP contribution in [0.5, 0.6) is 0 Å². The van der Waals surface area contributed by atoms with Crippen molar-refractivity contribution in [1.29, 1.82) is 0 Å². The Hall–Kier alpha value is -3.94. The number of ether oxygens (including phenoxy) is 1. The molecule has 0 bridgehead atoms. The highest BCUT2D eigenvalue weighted by molar-refractivity contribution is 6.15. The predicted molar refractivity (Wildman–Crippen MR) is 114 cm³/mol. The van der Waals surface area contributed by atoms with Crippen LogP contribution < -0.4 is 4.90 Å². The van der Waals surface area contributed by atoms with E-state index in [0.29, 0.717) is 41.2 Å². The van der Waals surface area contributed by atoms with Crippen LogP contribution in [0.15, 0.2) is 47.1 Å². The zero-order valence-electron chi connectivity index (χ0n) is 17.4. The molecular formula is C23H20N4O4. The van der Waals surface area contributed by atoms with Crippen LogP contribution in [-0.2, 0) is 18.2 Å². The molecule has 31 heavy (non-hydrogen) atoms. The molecule has 0 aliphatic carbocycles. The highest BCUT2D eigenvalue weighted by atomic mass is 16.5. The van der Waals surface area contributed by atoms with Gasteiger partial charge in [-0.1, -0.05) is 0 Å². The third-order valence-corrected chi connectivity index (χ3v) is 5.61. The minimum Gasteiger partial charge on any atom is -0.465 e. The SMILES string of the molecule is COC(=O)c1ccc2c(c1)CCN2C(=O)c1cc(-c2ccco2)nc2c1c(C)nn2C. The minimum absolute atomic E-state index is 0.138. The fourth-order valence-corrected chi connectivity index (χ4v) is 4.17. The molecule has 8 nitrogen and oxygen atoms in total. The number of carbonyl (C=O) groups excluding carboxylic acids is 2. The minimum atomic E-state index is -0.391. The van der Waals surface area contributed by atoms with Crippen molar-refractivity contribution in [2.45, 2.75) is 13.3 Å². The number of aryl methyl sites for hydroxylation is 2. The zero-order valence-corrected chi connectivity index (χ0v) is 17.4. The summed E-state index contributed by atoms with van der Waals surface area (Å²) >= 11 is 0. The first-order chi connectivity index (χ1) is 15.0. The van der Waals surface area contributed by atoms with E-state index in [0.717, 1.165) is 22.3 Å². The molecule has 0 unspecified atom stereocenters. The lowest BCUT2D eigenvalue weighted by Crippen LogP contribution is -2.29. The summed E-state index contributed by atoms with van der Waals surface area (Å²) in [4.78, 5) is 32.0. The van der Waals surface area contributed by atoms with Crippen molar-refractivity contribution in [2.24, 2.45) is 7.05 Å². The number of carbonyl (C=O) groups is 2. The summed E-state index contributed by atoms with van der Waals surface area (Å²) in [5.41, 5.74) is 4.66. The van der Waals surface area contributed by atoms with Gasteiger partial charge >= 0.3 is 5.97 Å². The monoisotopic (exact) mass is 416 g/mol. The van der Waals surface area contributed by atoms with E-state index in [9.17, 15) is 9.59 Å². The Morgan fingerprint density at radius 1 is 1.19 bits per heavy atom. The molecule has 0 saturated carbocycles.